The van der Waals surface area contributed by atoms with Crippen molar-refractivity contribution in [3.05, 3.63) is 22.2 Å². The van der Waals surface area contributed by atoms with Gasteiger partial charge in [-0.1, -0.05) is 0 Å². The Morgan fingerprint density at radius 2 is 2.30 bits per heavy atom. The molecule has 0 aromatic heterocycles. The summed E-state index contributed by atoms with van der Waals surface area (Å²) in [6.07, 6.45) is 3.50. The van der Waals surface area contributed by atoms with Crippen molar-refractivity contribution in [2.24, 2.45) is 5.73 Å². The van der Waals surface area contributed by atoms with Crippen LogP contribution < -0.4 is 15.8 Å². The lowest BCUT2D eigenvalue weighted by molar-refractivity contribution is -0.116. The normalized spacial score (nSPS) is 25.2. The molecule has 1 fully saturated rings. The summed E-state index contributed by atoms with van der Waals surface area (Å²) in [6, 6.07) is 3.05. The molecule has 0 saturated carbocycles. The lowest BCUT2D eigenvalue weighted by Crippen LogP contribution is -2.25. The van der Waals surface area contributed by atoms with Gasteiger partial charge in [0.25, 0.3) is 0 Å². The first-order valence-corrected chi connectivity index (χ1v) is 7.59. The predicted molar refractivity (Wildman–Crippen MR) is 78.8 cm³/mol. The van der Waals surface area contributed by atoms with E-state index in [1.165, 1.54) is 6.42 Å². The monoisotopic (exact) mass is 340 g/mol. The van der Waals surface area contributed by atoms with E-state index in [2.05, 4.69) is 21.2 Å². The van der Waals surface area contributed by atoms with Crippen molar-refractivity contribution in [2.75, 3.05) is 18.5 Å². The van der Waals surface area contributed by atoms with E-state index in [0.717, 1.165) is 35.2 Å². The number of nitrogens with two attached hydrogens (primary N) is 1. The van der Waals surface area contributed by atoms with Gasteiger partial charge in [-0.05, 0) is 41.3 Å². The summed E-state index contributed by atoms with van der Waals surface area (Å²) in [6.45, 7) is 1.34. The number of amides is 1. The quantitative estimate of drug-likeness (QED) is 0.885. The highest BCUT2D eigenvalue weighted by Crippen LogP contribution is 2.38. The average Bonchev–Trinajstić information content (AvgIpc) is 2.73. The number of hydrogen-bond donors (Lipinski definition) is 2. The molecule has 0 aliphatic carbocycles. The van der Waals surface area contributed by atoms with Gasteiger partial charge < -0.3 is 20.5 Å². The Morgan fingerprint density at radius 3 is 3.05 bits per heavy atom. The Labute approximate surface area is 125 Å². The molecule has 1 amide bonds. The fourth-order valence-electron chi connectivity index (χ4n) is 2.52. The van der Waals surface area contributed by atoms with E-state index in [0.29, 0.717) is 12.4 Å². The molecular weight excluding hydrogens is 324 g/mol. The SMILES string of the molecule is NC1C(=O)Nc2cc(OCC3CCCCO3)c(Br)cc21. The number of rotatable bonds is 3. The van der Waals surface area contributed by atoms with Gasteiger partial charge in [0.2, 0.25) is 5.91 Å². The fraction of sp³-hybridized carbons (Fsp3) is 0.500. The maximum Gasteiger partial charge on any atom is 0.245 e. The van der Waals surface area contributed by atoms with Crippen molar-refractivity contribution in [1.29, 1.82) is 0 Å². The molecule has 2 atom stereocenters. The standard InChI is InChI=1S/C14H17BrN2O3/c15-10-5-9-11(17-14(18)13(9)16)6-12(10)20-7-8-3-1-2-4-19-8/h5-6,8,13H,1-4,7,16H2,(H,17,18). The smallest absolute Gasteiger partial charge is 0.245 e. The Bertz CT molecular complexity index is 529. The van der Waals surface area contributed by atoms with Crippen LogP contribution in [0.25, 0.3) is 0 Å². The number of anilines is 1. The second-order valence-electron chi connectivity index (χ2n) is 5.14. The van der Waals surface area contributed by atoms with E-state index in [1.807, 2.05) is 12.1 Å². The third-order valence-corrected chi connectivity index (χ3v) is 4.30. The molecule has 2 heterocycles. The molecule has 0 bridgehead atoms. The third-order valence-electron chi connectivity index (χ3n) is 3.68. The number of nitrogens with one attached hydrogen (secondary N) is 1. The summed E-state index contributed by atoms with van der Waals surface area (Å²) < 4.78 is 12.2. The number of carbonyl (C=O) groups excluding carboxylic acids is 1. The largest absolute Gasteiger partial charge is 0.490 e. The summed E-state index contributed by atoms with van der Waals surface area (Å²) in [5.41, 5.74) is 7.33. The van der Waals surface area contributed by atoms with Crippen LogP contribution in [-0.2, 0) is 9.53 Å². The Hall–Kier alpha value is -1.11. The summed E-state index contributed by atoms with van der Waals surface area (Å²) in [4.78, 5) is 11.5. The fourth-order valence-corrected chi connectivity index (χ4v) is 2.99. The van der Waals surface area contributed by atoms with E-state index in [-0.39, 0.29) is 12.0 Å². The molecule has 6 heteroatoms. The first-order chi connectivity index (χ1) is 9.65. The van der Waals surface area contributed by atoms with Crippen LogP contribution in [0, 0.1) is 0 Å². The van der Waals surface area contributed by atoms with Gasteiger partial charge in [0, 0.05) is 23.9 Å². The van der Waals surface area contributed by atoms with E-state index in [9.17, 15) is 4.79 Å². The molecule has 0 radical (unpaired) electrons. The Balaban J connectivity index is 1.71. The molecule has 1 saturated heterocycles. The van der Waals surface area contributed by atoms with Crippen LogP contribution in [0.4, 0.5) is 5.69 Å². The van der Waals surface area contributed by atoms with E-state index >= 15 is 0 Å². The molecule has 1 aromatic rings. The van der Waals surface area contributed by atoms with Gasteiger partial charge >= 0.3 is 0 Å². The maximum absolute atomic E-state index is 11.5. The van der Waals surface area contributed by atoms with Crippen LogP contribution in [-0.4, -0.2) is 25.2 Å². The van der Waals surface area contributed by atoms with E-state index < -0.39 is 6.04 Å². The number of benzene rings is 1. The number of halogens is 1. The van der Waals surface area contributed by atoms with Gasteiger partial charge in [0.05, 0.1) is 10.6 Å². The number of ether oxygens (including phenoxy) is 2. The molecular formula is C14H17BrN2O3. The zero-order chi connectivity index (χ0) is 14.1. The van der Waals surface area contributed by atoms with Crippen molar-refractivity contribution in [1.82, 2.24) is 0 Å². The molecule has 0 spiro atoms. The molecule has 3 N–H and O–H groups in total. The van der Waals surface area contributed by atoms with Crippen molar-refractivity contribution in [3.63, 3.8) is 0 Å². The predicted octanol–water partition coefficient (Wildman–Crippen LogP) is 2.35. The highest BCUT2D eigenvalue weighted by Gasteiger charge is 2.28. The van der Waals surface area contributed by atoms with E-state index in [1.54, 1.807) is 0 Å². The van der Waals surface area contributed by atoms with Gasteiger partial charge in [0.15, 0.2) is 0 Å². The maximum atomic E-state index is 11.5. The van der Waals surface area contributed by atoms with Crippen LogP contribution in [0.3, 0.4) is 0 Å². The third kappa shape index (κ3) is 2.68. The Morgan fingerprint density at radius 1 is 1.45 bits per heavy atom. The van der Waals surface area contributed by atoms with Crippen LogP contribution >= 0.6 is 15.9 Å². The minimum Gasteiger partial charge on any atom is -0.490 e. The lowest BCUT2D eigenvalue weighted by Gasteiger charge is -2.23. The second-order valence-corrected chi connectivity index (χ2v) is 5.99. The molecule has 5 nitrogen and oxygen atoms in total. The average molecular weight is 341 g/mol. The van der Waals surface area contributed by atoms with Gasteiger partial charge in [-0.25, -0.2) is 0 Å². The van der Waals surface area contributed by atoms with Crippen molar-refractivity contribution in [3.8, 4) is 5.75 Å². The van der Waals surface area contributed by atoms with Crippen LogP contribution in [0.2, 0.25) is 0 Å². The van der Waals surface area contributed by atoms with Gasteiger partial charge in [-0.15, -0.1) is 0 Å². The summed E-state index contributed by atoms with van der Waals surface area (Å²) in [5.74, 6) is 0.520. The molecule has 20 heavy (non-hydrogen) atoms. The minimum atomic E-state index is -0.600. The van der Waals surface area contributed by atoms with Crippen LogP contribution in [0.15, 0.2) is 16.6 Å². The highest BCUT2D eigenvalue weighted by atomic mass is 79.9. The molecule has 108 valence electrons. The van der Waals surface area contributed by atoms with Gasteiger partial charge in [-0.2, -0.15) is 0 Å². The molecule has 1 aromatic carbocycles. The van der Waals surface area contributed by atoms with Crippen molar-refractivity contribution < 1.29 is 14.3 Å². The summed E-state index contributed by atoms with van der Waals surface area (Å²) >= 11 is 3.46. The topological polar surface area (TPSA) is 73.6 Å². The molecule has 2 aliphatic heterocycles. The molecule has 2 unspecified atom stereocenters. The van der Waals surface area contributed by atoms with Crippen LogP contribution in [0.1, 0.15) is 30.9 Å². The highest BCUT2D eigenvalue weighted by molar-refractivity contribution is 9.10. The summed E-state index contributed by atoms with van der Waals surface area (Å²) in [5, 5.41) is 2.76. The first-order valence-electron chi connectivity index (χ1n) is 6.79. The molecule has 3 rings (SSSR count). The Kier molecular flexibility index (Phi) is 3.96. The number of fused-ring (bicyclic) bond motifs is 1. The zero-order valence-corrected chi connectivity index (χ0v) is 12.6. The van der Waals surface area contributed by atoms with Crippen LogP contribution in [0.5, 0.6) is 5.75 Å². The summed E-state index contributed by atoms with van der Waals surface area (Å²) in [7, 11) is 0. The van der Waals surface area contributed by atoms with E-state index in [4.69, 9.17) is 15.2 Å². The number of hydrogen-bond acceptors (Lipinski definition) is 4. The zero-order valence-electron chi connectivity index (χ0n) is 11.0. The second kappa shape index (κ2) is 5.71. The minimum absolute atomic E-state index is 0.153. The first kappa shape index (κ1) is 13.9. The van der Waals surface area contributed by atoms with Gasteiger partial charge in [0.1, 0.15) is 18.4 Å². The van der Waals surface area contributed by atoms with Crippen molar-refractivity contribution in [2.45, 2.75) is 31.4 Å². The van der Waals surface area contributed by atoms with Crippen molar-refractivity contribution >= 4 is 27.5 Å². The lowest BCUT2D eigenvalue weighted by atomic mass is 10.1. The van der Waals surface area contributed by atoms with Gasteiger partial charge in [-0.3, -0.25) is 4.79 Å². The molecule has 2 aliphatic rings. The number of carbonyl (C=O) groups is 1.